The van der Waals surface area contributed by atoms with Crippen molar-refractivity contribution in [1.29, 1.82) is 0 Å². The highest BCUT2D eigenvalue weighted by molar-refractivity contribution is 5.86. The lowest BCUT2D eigenvalue weighted by Gasteiger charge is -2.14. The van der Waals surface area contributed by atoms with E-state index in [4.69, 9.17) is 0 Å². The molecule has 2 N–H and O–H groups in total. The normalized spacial score (nSPS) is 25.9. The standard InChI is InChI=1S/C9H16N2O3/c1-6-3-4-10-8(6)9(13)11-5-7(12)14-2/h6,8,10H,3-5H2,1-2H3,(H,11,13). The highest BCUT2D eigenvalue weighted by Crippen LogP contribution is 2.13. The zero-order valence-corrected chi connectivity index (χ0v) is 8.50. The fraction of sp³-hybridized carbons (Fsp3) is 0.778. The van der Waals surface area contributed by atoms with Gasteiger partial charge in [-0.2, -0.15) is 0 Å². The molecule has 0 aromatic carbocycles. The quantitative estimate of drug-likeness (QED) is 0.590. The van der Waals surface area contributed by atoms with Crippen LogP contribution in [0.2, 0.25) is 0 Å². The first-order valence-electron chi connectivity index (χ1n) is 4.73. The molecular formula is C9H16N2O3. The third-order valence-corrected chi connectivity index (χ3v) is 2.45. The summed E-state index contributed by atoms with van der Waals surface area (Å²) in [5, 5.41) is 5.61. The van der Waals surface area contributed by atoms with Gasteiger partial charge < -0.3 is 15.4 Å². The Labute approximate surface area is 83.2 Å². The molecular weight excluding hydrogens is 184 g/mol. The fourth-order valence-corrected chi connectivity index (χ4v) is 1.53. The van der Waals surface area contributed by atoms with Crippen LogP contribution in [-0.2, 0) is 14.3 Å². The van der Waals surface area contributed by atoms with Crippen LogP contribution in [-0.4, -0.2) is 38.1 Å². The van der Waals surface area contributed by atoms with Crippen LogP contribution in [0.1, 0.15) is 13.3 Å². The number of hydrogen-bond acceptors (Lipinski definition) is 4. The number of carbonyl (C=O) groups excluding carboxylic acids is 2. The molecule has 1 aliphatic heterocycles. The van der Waals surface area contributed by atoms with E-state index in [0.29, 0.717) is 5.92 Å². The van der Waals surface area contributed by atoms with Gasteiger partial charge in [0.2, 0.25) is 5.91 Å². The molecule has 0 aliphatic carbocycles. The maximum atomic E-state index is 11.5. The van der Waals surface area contributed by atoms with E-state index >= 15 is 0 Å². The summed E-state index contributed by atoms with van der Waals surface area (Å²) in [5.41, 5.74) is 0. The molecule has 0 bridgehead atoms. The van der Waals surface area contributed by atoms with Gasteiger partial charge in [0.25, 0.3) is 0 Å². The number of methoxy groups -OCH3 is 1. The summed E-state index contributed by atoms with van der Waals surface area (Å²) in [6.45, 7) is 2.82. The van der Waals surface area contributed by atoms with Gasteiger partial charge in [-0.1, -0.05) is 6.92 Å². The van der Waals surface area contributed by atoms with Crippen molar-refractivity contribution in [3.63, 3.8) is 0 Å². The van der Waals surface area contributed by atoms with Crippen LogP contribution in [0.15, 0.2) is 0 Å². The zero-order valence-electron chi connectivity index (χ0n) is 8.50. The highest BCUT2D eigenvalue weighted by atomic mass is 16.5. The molecule has 1 rings (SSSR count). The number of esters is 1. The molecule has 0 aromatic heterocycles. The summed E-state index contributed by atoms with van der Waals surface area (Å²) in [6, 6.07) is -0.167. The van der Waals surface area contributed by atoms with Crippen molar-refractivity contribution in [2.75, 3.05) is 20.2 Å². The number of amides is 1. The summed E-state index contributed by atoms with van der Waals surface area (Å²) in [5.74, 6) is -0.225. The minimum atomic E-state index is -0.427. The van der Waals surface area contributed by atoms with E-state index in [0.717, 1.165) is 13.0 Å². The van der Waals surface area contributed by atoms with Crippen LogP contribution in [0, 0.1) is 5.92 Å². The Kier molecular flexibility index (Phi) is 3.88. The van der Waals surface area contributed by atoms with Crippen LogP contribution in [0.3, 0.4) is 0 Å². The summed E-state index contributed by atoms with van der Waals surface area (Å²) in [6.07, 6.45) is 0.996. The van der Waals surface area contributed by atoms with E-state index in [2.05, 4.69) is 15.4 Å². The lowest BCUT2D eigenvalue weighted by molar-refractivity contribution is -0.141. The first kappa shape index (κ1) is 11.0. The van der Waals surface area contributed by atoms with Gasteiger partial charge in [0.15, 0.2) is 0 Å². The molecule has 0 saturated carbocycles. The molecule has 1 amide bonds. The smallest absolute Gasteiger partial charge is 0.325 e. The summed E-state index contributed by atoms with van der Waals surface area (Å²) in [4.78, 5) is 22.3. The third-order valence-electron chi connectivity index (χ3n) is 2.45. The van der Waals surface area contributed by atoms with Gasteiger partial charge in [-0.25, -0.2) is 0 Å². The molecule has 1 fully saturated rings. The average molecular weight is 200 g/mol. The molecule has 14 heavy (non-hydrogen) atoms. The van der Waals surface area contributed by atoms with Gasteiger partial charge in [0, 0.05) is 0 Å². The lowest BCUT2D eigenvalue weighted by atomic mass is 10.0. The first-order chi connectivity index (χ1) is 6.65. The minimum absolute atomic E-state index is 0.0553. The number of hydrogen-bond donors (Lipinski definition) is 2. The number of carbonyl (C=O) groups is 2. The second-order valence-electron chi connectivity index (χ2n) is 3.49. The molecule has 1 saturated heterocycles. The summed E-state index contributed by atoms with van der Waals surface area (Å²) >= 11 is 0. The molecule has 1 aliphatic rings. The van der Waals surface area contributed by atoms with Crippen LogP contribution >= 0.6 is 0 Å². The predicted molar refractivity (Wildman–Crippen MR) is 50.6 cm³/mol. The summed E-state index contributed by atoms with van der Waals surface area (Å²) < 4.78 is 4.42. The second kappa shape index (κ2) is 4.95. The molecule has 0 radical (unpaired) electrons. The molecule has 80 valence electrons. The molecule has 2 atom stereocenters. The average Bonchev–Trinajstić information content (AvgIpc) is 2.60. The van der Waals surface area contributed by atoms with Crippen molar-refractivity contribution in [2.45, 2.75) is 19.4 Å². The number of ether oxygens (including phenoxy) is 1. The van der Waals surface area contributed by atoms with Gasteiger partial charge in [-0.3, -0.25) is 9.59 Å². The Bertz CT molecular complexity index is 230. The number of rotatable bonds is 3. The van der Waals surface area contributed by atoms with Crippen LogP contribution < -0.4 is 10.6 Å². The van der Waals surface area contributed by atoms with Crippen LogP contribution in [0.4, 0.5) is 0 Å². The molecule has 5 nitrogen and oxygen atoms in total. The van der Waals surface area contributed by atoms with Crippen LogP contribution in [0.5, 0.6) is 0 Å². The number of nitrogens with one attached hydrogen (secondary N) is 2. The van der Waals surface area contributed by atoms with Crippen molar-refractivity contribution < 1.29 is 14.3 Å². The monoisotopic (exact) mass is 200 g/mol. The SMILES string of the molecule is COC(=O)CNC(=O)C1NCCC1C. The molecule has 0 spiro atoms. The third kappa shape index (κ3) is 2.70. The second-order valence-corrected chi connectivity index (χ2v) is 3.49. The fourth-order valence-electron chi connectivity index (χ4n) is 1.53. The Morgan fingerprint density at radius 1 is 1.57 bits per heavy atom. The van der Waals surface area contributed by atoms with Crippen molar-refractivity contribution in [3.05, 3.63) is 0 Å². The van der Waals surface area contributed by atoms with Gasteiger partial charge in [-0.15, -0.1) is 0 Å². The van der Waals surface area contributed by atoms with E-state index in [1.54, 1.807) is 0 Å². The Morgan fingerprint density at radius 3 is 2.79 bits per heavy atom. The van der Waals surface area contributed by atoms with Crippen LogP contribution in [0.25, 0.3) is 0 Å². The van der Waals surface area contributed by atoms with Crippen molar-refractivity contribution in [3.8, 4) is 0 Å². The highest BCUT2D eigenvalue weighted by Gasteiger charge is 2.29. The predicted octanol–water partition coefficient (Wildman–Crippen LogP) is -0.726. The van der Waals surface area contributed by atoms with Gasteiger partial charge >= 0.3 is 5.97 Å². The van der Waals surface area contributed by atoms with E-state index < -0.39 is 5.97 Å². The largest absolute Gasteiger partial charge is 0.468 e. The molecule has 0 aromatic rings. The Morgan fingerprint density at radius 2 is 2.29 bits per heavy atom. The molecule has 1 heterocycles. The van der Waals surface area contributed by atoms with Crippen molar-refractivity contribution in [1.82, 2.24) is 10.6 Å². The van der Waals surface area contributed by atoms with E-state index in [1.807, 2.05) is 6.92 Å². The maximum absolute atomic E-state index is 11.5. The Hall–Kier alpha value is -1.10. The van der Waals surface area contributed by atoms with Gasteiger partial charge in [0.1, 0.15) is 6.54 Å². The zero-order chi connectivity index (χ0) is 10.6. The van der Waals surface area contributed by atoms with Gasteiger partial charge in [0.05, 0.1) is 13.2 Å². The topological polar surface area (TPSA) is 67.4 Å². The first-order valence-corrected chi connectivity index (χ1v) is 4.73. The van der Waals surface area contributed by atoms with E-state index in [1.165, 1.54) is 7.11 Å². The summed E-state index contributed by atoms with van der Waals surface area (Å²) in [7, 11) is 1.30. The molecule has 5 heteroatoms. The van der Waals surface area contributed by atoms with E-state index in [-0.39, 0.29) is 18.5 Å². The van der Waals surface area contributed by atoms with Crippen molar-refractivity contribution in [2.24, 2.45) is 5.92 Å². The maximum Gasteiger partial charge on any atom is 0.325 e. The minimum Gasteiger partial charge on any atom is -0.468 e. The van der Waals surface area contributed by atoms with Gasteiger partial charge in [-0.05, 0) is 18.9 Å². The Balaban J connectivity index is 2.31. The lowest BCUT2D eigenvalue weighted by Crippen LogP contribution is -2.45. The van der Waals surface area contributed by atoms with E-state index in [9.17, 15) is 9.59 Å². The van der Waals surface area contributed by atoms with Crippen molar-refractivity contribution >= 4 is 11.9 Å². The molecule has 2 unspecified atom stereocenters.